The number of carbonyl (C=O) groups is 1. The third kappa shape index (κ3) is 3.91. The average Bonchev–Trinajstić information content (AvgIpc) is 3.33. The molecule has 2 fully saturated rings. The average molecular weight is 404 g/mol. The van der Waals surface area contributed by atoms with Crippen molar-refractivity contribution in [3.8, 4) is 0 Å². The Hall–Kier alpha value is -2.89. The van der Waals surface area contributed by atoms with Gasteiger partial charge in [0.25, 0.3) is 0 Å². The van der Waals surface area contributed by atoms with Gasteiger partial charge in [0.05, 0.1) is 11.7 Å². The smallest absolute Gasteiger partial charge is 0.223 e. The number of aromatic nitrogens is 3. The Morgan fingerprint density at radius 3 is 2.73 bits per heavy atom. The van der Waals surface area contributed by atoms with E-state index >= 15 is 0 Å². The molecule has 30 heavy (non-hydrogen) atoms. The van der Waals surface area contributed by atoms with Crippen LogP contribution in [0.5, 0.6) is 0 Å². The number of carbonyl (C=O) groups excluding carboxylic acids is 1. The fourth-order valence-electron chi connectivity index (χ4n) is 4.54. The summed E-state index contributed by atoms with van der Waals surface area (Å²) in [7, 11) is 1.88. The van der Waals surface area contributed by atoms with Crippen molar-refractivity contribution in [3.05, 3.63) is 53.6 Å². The molecule has 0 saturated heterocycles. The molecule has 5 rings (SSSR count). The molecule has 2 aliphatic rings. The number of benzene rings is 1. The molecule has 0 spiro atoms. The maximum Gasteiger partial charge on any atom is 0.223 e. The van der Waals surface area contributed by atoms with Gasteiger partial charge in [0.1, 0.15) is 11.6 Å². The Labute approximate surface area is 176 Å². The van der Waals surface area contributed by atoms with Crippen LogP contribution in [0.25, 0.3) is 10.9 Å². The zero-order valence-corrected chi connectivity index (χ0v) is 17.4. The standard InChI is InChI=1S/C24H29N5O/c1-25-22-13-21(27-23(29-22)15-10-11-15)20(28-24(30)16-6-2-3-7-16)12-17-14-26-19-9-5-4-8-18(17)19/h4-5,8-9,13-16,20,26H,2-3,6-7,10-12H2,1H3,(H,28,30)(H,25,27,29)/t20-/m1/s1. The van der Waals surface area contributed by atoms with Crippen LogP contribution in [0.2, 0.25) is 0 Å². The van der Waals surface area contributed by atoms with Crippen LogP contribution in [-0.4, -0.2) is 27.9 Å². The first-order chi connectivity index (χ1) is 14.7. The van der Waals surface area contributed by atoms with Crippen LogP contribution in [-0.2, 0) is 11.2 Å². The van der Waals surface area contributed by atoms with Gasteiger partial charge in [0.15, 0.2) is 0 Å². The number of nitrogens with zero attached hydrogens (tertiary/aromatic N) is 2. The molecule has 156 valence electrons. The van der Waals surface area contributed by atoms with Crippen LogP contribution in [0, 0.1) is 5.92 Å². The molecule has 2 aliphatic carbocycles. The zero-order valence-electron chi connectivity index (χ0n) is 17.4. The predicted molar refractivity (Wildman–Crippen MR) is 118 cm³/mol. The maximum atomic E-state index is 13.0. The highest BCUT2D eigenvalue weighted by atomic mass is 16.1. The first kappa shape index (κ1) is 19.1. The van der Waals surface area contributed by atoms with Crippen molar-refractivity contribution < 1.29 is 4.79 Å². The molecule has 1 amide bonds. The van der Waals surface area contributed by atoms with E-state index in [9.17, 15) is 4.79 Å². The van der Waals surface area contributed by atoms with Gasteiger partial charge in [-0.2, -0.15) is 0 Å². The lowest BCUT2D eigenvalue weighted by atomic mass is 10.00. The summed E-state index contributed by atoms with van der Waals surface area (Å²) in [4.78, 5) is 26.0. The van der Waals surface area contributed by atoms with Crippen molar-refractivity contribution in [1.29, 1.82) is 0 Å². The van der Waals surface area contributed by atoms with Crippen LogP contribution < -0.4 is 10.6 Å². The van der Waals surface area contributed by atoms with E-state index in [1.807, 2.05) is 19.2 Å². The third-order valence-electron chi connectivity index (χ3n) is 6.46. The SMILES string of the molecule is CNc1cc([C@@H](Cc2c[nH]c3ccccc23)NC(=O)C2CCCC2)nc(C2CC2)n1. The lowest BCUT2D eigenvalue weighted by Crippen LogP contribution is -2.34. The molecule has 2 heterocycles. The number of para-hydroxylation sites is 1. The van der Waals surface area contributed by atoms with E-state index in [0.717, 1.165) is 61.4 Å². The van der Waals surface area contributed by atoms with E-state index < -0.39 is 0 Å². The van der Waals surface area contributed by atoms with E-state index in [4.69, 9.17) is 4.98 Å². The van der Waals surface area contributed by atoms with Crippen molar-refractivity contribution in [3.63, 3.8) is 0 Å². The van der Waals surface area contributed by atoms with Crippen molar-refractivity contribution in [1.82, 2.24) is 20.3 Å². The minimum atomic E-state index is -0.176. The topological polar surface area (TPSA) is 82.7 Å². The summed E-state index contributed by atoms with van der Waals surface area (Å²) in [5.74, 6) is 2.46. The lowest BCUT2D eigenvalue weighted by molar-refractivity contribution is -0.125. The summed E-state index contributed by atoms with van der Waals surface area (Å²) in [5, 5.41) is 7.71. The molecule has 2 aromatic heterocycles. The Kier molecular flexibility index (Phi) is 5.15. The van der Waals surface area contributed by atoms with Crippen LogP contribution in [0.3, 0.4) is 0 Å². The number of hydrogen-bond donors (Lipinski definition) is 3. The first-order valence-electron chi connectivity index (χ1n) is 11.1. The third-order valence-corrected chi connectivity index (χ3v) is 6.46. The summed E-state index contributed by atoms with van der Waals surface area (Å²) in [6, 6.07) is 10.1. The first-order valence-corrected chi connectivity index (χ1v) is 11.1. The summed E-state index contributed by atoms with van der Waals surface area (Å²) in [6.07, 6.45) is 9.33. The lowest BCUT2D eigenvalue weighted by Gasteiger charge is -2.21. The molecule has 3 N–H and O–H groups in total. The molecule has 0 radical (unpaired) electrons. The van der Waals surface area contributed by atoms with Gasteiger partial charge in [-0.3, -0.25) is 4.79 Å². The van der Waals surface area contributed by atoms with Gasteiger partial charge in [-0.25, -0.2) is 9.97 Å². The normalized spacial score (nSPS) is 17.9. The van der Waals surface area contributed by atoms with Gasteiger partial charge >= 0.3 is 0 Å². The number of nitrogens with one attached hydrogen (secondary N) is 3. The van der Waals surface area contributed by atoms with E-state index in [0.29, 0.717) is 12.3 Å². The molecule has 2 saturated carbocycles. The fraction of sp³-hybridized carbons (Fsp3) is 0.458. The number of hydrogen-bond acceptors (Lipinski definition) is 4. The van der Waals surface area contributed by atoms with Gasteiger partial charge in [-0.05, 0) is 37.3 Å². The van der Waals surface area contributed by atoms with Gasteiger partial charge in [-0.15, -0.1) is 0 Å². The molecule has 0 unspecified atom stereocenters. The van der Waals surface area contributed by atoms with Crippen molar-refractivity contribution in [2.75, 3.05) is 12.4 Å². The van der Waals surface area contributed by atoms with Crippen LogP contribution >= 0.6 is 0 Å². The van der Waals surface area contributed by atoms with E-state index in [-0.39, 0.29) is 17.9 Å². The predicted octanol–water partition coefficient (Wildman–Crippen LogP) is 4.47. The maximum absolute atomic E-state index is 13.0. The van der Waals surface area contributed by atoms with Gasteiger partial charge in [-0.1, -0.05) is 31.0 Å². The fourth-order valence-corrected chi connectivity index (χ4v) is 4.54. The molecule has 1 aromatic carbocycles. The summed E-state index contributed by atoms with van der Waals surface area (Å²) < 4.78 is 0. The molecule has 6 nitrogen and oxygen atoms in total. The Bertz CT molecular complexity index is 1050. The quantitative estimate of drug-likeness (QED) is 0.544. The number of rotatable bonds is 7. The largest absolute Gasteiger partial charge is 0.373 e. The van der Waals surface area contributed by atoms with Crippen molar-refractivity contribution in [2.24, 2.45) is 5.92 Å². The second-order valence-electron chi connectivity index (χ2n) is 8.67. The summed E-state index contributed by atoms with van der Waals surface area (Å²) in [5.41, 5.74) is 3.21. The monoisotopic (exact) mass is 403 g/mol. The number of H-pyrrole nitrogens is 1. The van der Waals surface area contributed by atoms with Gasteiger partial charge in [0.2, 0.25) is 5.91 Å². The molecule has 0 aliphatic heterocycles. The highest BCUT2D eigenvalue weighted by molar-refractivity contribution is 5.83. The van der Waals surface area contributed by atoms with Crippen molar-refractivity contribution in [2.45, 2.75) is 56.9 Å². The highest BCUT2D eigenvalue weighted by Crippen LogP contribution is 2.39. The highest BCUT2D eigenvalue weighted by Gasteiger charge is 2.30. The number of fused-ring (bicyclic) bond motifs is 1. The van der Waals surface area contributed by atoms with Gasteiger partial charge in [0, 0.05) is 48.5 Å². The number of anilines is 1. The molecule has 0 bridgehead atoms. The Morgan fingerprint density at radius 1 is 1.17 bits per heavy atom. The minimum Gasteiger partial charge on any atom is -0.373 e. The summed E-state index contributed by atoms with van der Waals surface area (Å²) >= 11 is 0. The molecule has 1 atom stereocenters. The van der Waals surface area contributed by atoms with Crippen LogP contribution in [0.1, 0.15) is 67.6 Å². The second kappa shape index (κ2) is 8.09. The van der Waals surface area contributed by atoms with E-state index in [2.05, 4.69) is 45.0 Å². The van der Waals surface area contributed by atoms with Crippen molar-refractivity contribution >= 4 is 22.6 Å². The van der Waals surface area contributed by atoms with E-state index in [1.165, 1.54) is 10.9 Å². The van der Waals surface area contributed by atoms with Crippen LogP contribution in [0.15, 0.2) is 36.5 Å². The molecule has 6 heteroatoms. The molecule has 3 aromatic rings. The van der Waals surface area contributed by atoms with Gasteiger partial charge < -0.3 is 15.6 Å². The minimum absolute atomic E-state index is 0.129. The van der Waals surface area contributed by atoms with E-state index in [1.54, 1.807) is 0 Å². The summed E-state index contributed by atoms with van der Waals surface area (Å²) in [6.45, 7) is 0. The zero-order chi connectivity index (χ0) is 20.5. The Balaban J connectivity index is 1.49. The van der Waals surface area contributed by atoms with Crippen LogP contribution in [0.4, 0.5) is 5.82 Å². The number of aromatic amines is 1. The molecular weight excluding hydrogens is 374 g/mol. The molecular formula is C24H29N5O. The number of amides is 1. The second-order valence-corrected chi connectivity index (χ2v) is 8.67. The Morgan fingerprint density at radius 2 is 1.97 bits per heavy atom.